The van der Waals surface area contributed by atoms with Crippen LogP contribution in [0.15, 0.2) is 36.8 Å². The number of carbonyl (C=O) groups excluding carboxylic acids is 1. The van der Waals surface area contributed by atoms with Crippen molar-refractivity contribution in [2.24, 2.45) is 11.5 Å². The zero-order valence-electron chi connectivity index (χ0n) is 15.8. The largest absolute Gasteiger partial charge is 0.377 e. The average molecular weight is 383 g/mol. The Bertz CT molecular complexity index is 1020. The number of aromatic nitrogens is 3. The molecule has 0 aliphatic rings. The van der Waals surface area contributed by atoms with E-state index in [9.17, 15) is 4.79 Å². The maximum absolute atomic E-state index is 15.4. The third kappa shape index (κ3) is 3.84. The van der Waals surface area contributed by atoms with Gasteiger partial charge in [-0.25, -0.2) is 4.98 Å². The average Bonchev–Trinajstić information content (AvgIpc) is 2.67. The van der Waals surface area contributed by atoms with Gasteiger partial charge in [0.1, 0.15) is 11.2 Å². The molecule has 2 heterocycles. The van der Waals surface area contributed by atoms with Crippen LogP contribution in [-0.4, -0.2) is 32.9 Å². The fraction of sp³-hybridized carbons (Fsp3) is 0.263. The van der Waals surface area contributed by atoms with Crippen molar-refractivity contribution < 1.29 is 9.28 Å². The Kier molecular flexibility index (Phi) is 5.36. The fourth-order valence-electron chi connectivity index (χ4n) is 2.64. The highest BCUT2D eigenvalue weighted by Gasteiger charge is 2.21. The van der Waals surface area contributed by atoms with E-state index in [1.165, 1.54) is 18.5 Å². The lowest BCUT2D eigenvalue weighted by molar-refractivity contribution is 0.1000. The van der Waals surface area contributed by atoms with Gasteiger partial charge >= 0.3 is 0 Å². The van der Waals surface area contributed by atoms with Crippen molar-refractivity contribution in [1.29, 1.82) is 0 Å². The summed E-state index contributed by atoms with van der Waals surface area (Å²) in [4.78, 5) is 24.2. The molecule has 0 saturated carbocycles. The number of rotatable bonds is 6. The number of anilines is 3. The number of hydrogen-bond donors (Lipinski definition) is 3. The van der Waals surface area contributed by atoms with Gasteiger partial charge in [-0.05, 0) is 39.0 Å². The summed E-state index contributed by atoms with van der Waals surface area (Å²) in [6.45, 7) is 5.58. The van der Waals surface area contributed by atoms with Gasteiger partial charge < -0.3 is 16.8 Å². The van der Waals surface area contributed by atoms with E-state index >= 15 is 4.48 Å². The first-order valence-electron chi connectivity index (χ1n) is 8.77. The summed E-state index contributed by atoms with van der Waals surface area (Å²) in [7, 11) is 0. The molecule has 0 spiro atoms. The number of halogens is 1. The lowest BCUT2D eigenvalue weighted by Gasteiger charge is -2.24. The molecule has 2 aromatic heterocycles. The van der Waals surface area contributed by atoms with Crippen LogP contribution in [0, 0.1) is 6.92 Å². The molecule has 0 unspecified atom stereocenters. The van der Waals surface area contributed by atoms with E-state index in [2.05, 4.69) is 20.3 Å². The van der Waals surface area contributed by atoms with E-state index in [0.717, 1.165) is 5.69 Å². The number of benzene rings is 1. The minimum Gasteiger partial charge on any atom is -0.377 e. The Morgan fingerprint density at radius 3 is 2.68 bits per heavy atom. The summed E-state index contributed by atoms with van der Waals surface area (Å²) >= 11 is 0. The molecule has 1 amide bonds. The monoisotopic (exact) mass is 383 g/mol. The molecule has 0 saturated heterocycles. The second-order valence-corrected chi connectivity index (χ2v) is 6.71. The molecule has 9 heteroatoms. The lowest BCUT2D eigenvalue weighted by atomic mass is 10.1. The van der Waals surface area contributed by atoms with E-state index in [4.69, 9.17) is 11.5 Å². The molecule has 1 aromatic carbocycles. The Labute approximate surface area is 161 Å². The molecule has 0 aliphatic heterocycles. The standard InChI is InChI=1S/C19H22FN7O/c1-10-7-24-17-15(25-10)4-5-16(18(17)26-12(3)11(2)21)27(20)14-6-13(19(22)28)8-23-9-14/h4-9,11-12,26H,21H2,1-3H3,(H2,22,28)/t11-,12+/m0/s1. The molecule has 3 aromatic rings. The van der Waals surface area contributed by atoms with Crippen LogP contribution < -0.4 is 21.9 Å². The fourth-order valence-corrected chi connectivity index (χ4v) is 2.64. The Balaban J connectivity index is 2.14. The van der Waals surface area contributed by atoms with Gasteiger partial charge in [-0.1, -0.05) is 4.48 Å². The number of aryl methyl sites for hydroxylation is 1. The van der Waals surface area contributed by atoms with E-state index in [1.54, 1.807) is 18.3 Å². The first-order valence-corrected chi connectivity index (χ1v) is 8.77. The number of fused-ring (bicyclic) bond motifs is 1. The number of amides is 1. The van der Waals surface area contributed by atoms with Crippen LogP contribution in [0.1, 0.15) is 29.9 Å². The zero-order valence-corrected chi connectivity index (χ0v) is 15.8. The lowest BCUT2D eigenvalue weighted by Crippen LogP contribution is -2.35. The van der Waals surface area contributed by atoms with Crippen LogP contribution in [0.25, 0.3) is 11.0 Å². The molecular formula is C19H22FN7O. The summed E-state index contributed by atoms with van der Waals surface area (Å²) in [6.07, 6.45) is 4.20. The van der Waals surface area contributed by atoms with Gasteiger partial charge in [-0.15, -0.1) is 0 Å². The van der Waals surface area contributed by atoms with E-state index < -0.39 is 5.91 Å². The Morgan fingerprint density at radius 1 is 1.25 bits per heavy atom. The van der Waals surface area contributed by atoms with Crippen LogP contribution in [0.2, 0.25) is 0 Å². The highest BCUT2D eigenvalue weighted by Crippen LogP contribution is 2.37. The van der Waals surface area contributed by atoms with E-state index in [0.29, 0.717) is 21.8 Å². The summed E-state index contributed by atoms with van der Waals surface area (Å²) < 4.78 is 15.4. The molecule has 0 aliphatic carbocycles. The van der Waals surface area contributed by atoms with Crippen molar-refractivity contribution in [3.8, 4) is 0 Å². The van der Waals surface area contributed by atoms with Crippen molar-refractivity contribution in [1.82, 2.24) is 15.0 Å². The molecular weight excluding hydrogens is 361 g/mol. The van der Waals surface area contributed by atoms with Gasteiger partial charge in [0.2, 0.25) is 5.91 Å². The number of carbonyl (C=O) groups is 1. The quantitative estimate of drug-likeness (QED) is 0.559. The molecule has 0 fully saturated rings. The smallest absolute Gasteiger partial charge is 0.250 e. The van der Waals surface area contributed by atoms with Crippen LogP contribution in [0.5, 0.6) is 0 Å². The van der Waals surface area contributed by atoms with Gasteiger partial charge in [0, 0.05) is 24.5 Å². The van der Waals surface area contributed by atoms with Crippen molar-refractivity contribution >= 4 is 34.0 Å². The van der Waals surface area contributed by atoms with Crippen molar-refractivity contribution in [2.45, 2.75) is 32.9 Å². The van der Waals surface area contributed by atoms with Gasteiger partial charge in [-0.3, -0.25) is 14.8 Å². The maximum Gasteiger partial charge on any atom is 0.250 e. The minimum atomic E-state index is -0.688. The number of nitrogens with one attached hydrogen (secondary N) is 1. The number of nitrogens with zero attached hydrogens (tertiary/aromatic N) is 4. The molecule has 8 nitrogen and oxygen atoms in total. The van der Waals surface area contributed by atoms with Crippen molar-refractivity contribution in [3.63, 3.8) is 0 Å². The summed E-state index contributed by atoms with van der Waals surface area (Å²) in [5.74, 6) is -0.688. The Hall–Kier alpha value is -3.33. The first-order chi connectivity index (χ1) is 13.3. The second-order valence-electron chi connectivity index (χ2n) is 6.71. The number of primary amides is 1. The predicted octanol–water partition coefficient (Wildman–Crippen LogP) is 2.60. The normalized spacial score (nSPS) is 13.2. The molecule has 146 valence electrons. The van der Waals surface area contributed by atoms with Crippen LogP contribution >= 0.6 is 0 Å². The molecule has 0 bridgehead atoms. The highest BCUT2D eigenvalue weighted by molar-refractivity contribution is 5.97. The van der Waals surface area contributed by atoms with Crippen LogP contribution in [0.4, 0.5) is 21.5 Å². The number of pyridine rings is 1. The zero-order chi connectivity index (χ0) is 20.4. The summed E-state index contributed by atoms with van der Waals surface area (Å²) in [5.41, 5.74) is 13.9. The van der Waals surface area contributed by atoms with Gasteiger partial charge in [-0.2, -0.15) is 5.12 Å². The molecule has 3 rings (SSSR count). The van der Waals surface area contributed by atoms with Crippen molar-refractivity contribution in [3.05, 3.63) is 48.0 Å². The minimum absolute atomic E-state index is 0.0622. The number of hydrogen-bond acceptors (Lipinski definition) is 7. The first kappa shape index (κ1) is 19.4. The molecule has 0 radical (unpaired) electrons. The maximum atomic E-state index is 15.4. The summed E-state index contributed by atoms with van der Waals surface area (Å²) in [6, 6.07) is 4.26. The van der Waals surface area contributed by atoms with E-state index in [1.807, 2.05) is 20.8 Å². The Morgan fingerprint density at radius 2 is 2.00 bits per heavy atom. The predicted molar refractivity (Wildman–Crippen MR) is 107 cm³/mol. The van der Waals surface area contributed by atoms with Gasteiger partial charge in [0.05, 0.1) is 34.3 Å². The molecule has 5 N–H and O–H groups in total. The third-order valence-corrected chi connectivity index (χ3v) is 4.42. The second kappa shape index (κ2) is 7.73. The third-order valence-electron chi connectivity index (χ3n) is 4.42. The molecule has 28 heavy (non-hydrogen) atoms. The SMILES string of the molecule is Cc1cnc2c(N[C@H](C)[C@H](C)N)c(N(F)c3cncc(C(N)=O)c3)ccc2n1. The van der Waals surface area contributed by atoms with Gasteiger partial charge in [0.25, 0.3) is 0 Å². The van der Waals surface area contributed by atoms with Crippen LogP contribution in [-0.2, 0) is 0 Å². The van der Waals surface area contributed by atoms with Crippen molar-refractivity contribution in [2.75, 3.05) is 10.4 Å². The summed E-state index contributed by atoms with van der Waals surface area (Å²) in [5, 5.41) is 3.67. The molecule has 2 atom stereocenters. The van der Waals surface area contributed by atoms with Crippen LogP contribution in [0.3, 0.4) is 0 Å². The number of nitrogens with two attached hydrogens (primary N) is 2. The topological polar surface area (TPSA) is 123 Å². The highest BCUT2D eigenvalue weighted by atomic mass is 19.2. The van der Waals surface area contributed by atoms with E-state index in [-0.39, 0.29) is 29.0 Å². The van der Waals surface area contributed by atoms with Gasteiger partial charge in [0.15, 0.2) is 0 Å².